The summed E-state index contributed by atoms with van der Waals surface area (Å²) in [5.41, 5.74) is -2.56. The maximum absolute atomic E-state index is 12.9. The molecule has 0 radical (unpaired) electrons. The lowest BCUT2D eigenvalue weighted by Gasteiger charge is -2.13. The second-order valence-corrected chi connectivity index (χ2v) is 4.79. The third-order valence-corrected chi connectivity index (χ3v) is 3.39. The van der Waals surface area contributed by atoms with Gasteiger partial charge in [0.2, 0.25) is 0 Å². The van der Waals surface area contributed by atoms with Gasteiger partial charge in [-0.2, -0.15) is 13.2 Å². The number of nitrogens with zero attached hydrogens (tertiary/aromatic N) is 1. The number of hydrogen-bond donors (Lipinski definition) is 1. The lowest BCUT2D eigenvalue weighted by Crippen LogP contribution is -2.37. The first-order valence-corrected chi connectivity index (χ1v) is 6.24. The Balaban J connectivity index is 2.58. The van der Waals surface area contributed by atoms with Crippen molar-refractivity contribution < 1.29 is 13.2 Å². The Morgan fingerprint density at radius 2 is 1.86 bits per heavy atom. The summed E-state index contributed by atoms with van der Waals surface area (Å²) in [6.07, 6.45) is -4.56. The van der Waals surface area contributed by atoms with E-state index in [9.17, 15) is 22.8 Å². The van der Waals surface area contributed by atoms with Gasteiger partial charge in [-0.05, 0) is 18.6 Å². The van der Waals surface area contributed by atoms with Crippen LogP contribution < -0.4 is 11.2 Å². The summed E-state index contributed by atoms with van der Waals surface area (Å²) in [4.78, 5) is 25.9. The Bertz CT molecular complexity index is 793. The van der Waals surface area contributed by atoms with Crippen LogP contribution in [-0.4, -0.2) is 9.55 Å². The van der Waals surface area contributed by atoms with Gasteiger partial charge in [0.1, 0.15) is 5.15 Å². The highest BCUT2D eigenvalue weighted by Gasteiger charge is 2.33. The summed E-state index contributed by atoms with van der Waals surface area (Å²) in [5.74, 6) is 0. The minimum Gasteiger partial charge on any atom is -0.297 e. The summed E-state index contributed by atoms with van der Waals surface area (Å²) in [7, 11) is 0. The highest BCUT2D eigenvalue weighted by Crippen LogP contribution is 2.31. The van der Waals surface area contributed by atoms with Gasteiger partial charge < -0.3 is 0 Å². The fourth-order valence-corrected chi connectivity index (χ4v) is 2.05. The molecule has 0 fully saturated rings. The van der Waals surface area contributed by atoms with E-state index in [0.29, 0.717) is 4.57 Å². The molecule has 0 aliphatic rings. The number of rotatable bonds is 2. The lowest BCUT2D eigenvalue weighted by atomic mass is 10.1. The van der Waals surface area contributed by atoms with Crippen molar-refractivity contribution in [3.63, 3.8) is 0 Å². The fraction of sp³-hybridized carbons (Fsp3) is 0.231. The maximum atomic E-state index is 12.9. The van der Waals surface area contributed by atoms with Gasteiger partial charge in [-0.15, -0.1) is 0 Å². The topological polar surface area (TPSA) is 54.9 Å². The Hall–Kier alpha value is -2.02. The van der Waals surface area contributed by atoms with Gasteiger partial charge in [0, 0.05) is 5.56 Å². The average Bonchev–Trinajstić information content (AvgIpc) is 2.40. The molecule has 4 nitrogen and oxygen atoms in total. The molecule has 21 heavy (non-hydrogen) atoms. The summed E-state index contributed by atoms with van der Waals surface area (Å²) < 4.78 is 39.4. The van der Waals surface area contributed by atoms with E-state index in [0.717, 1.165) is 6.07 Å². The quantitative estimate of drug-likeness (QED) is 0.865. The smallest absolute Gasteiger partial charge is 0.297 e. The predicted octanol–water partition coefficient (Wildman–Crippen LogP) is 2.57. The second kappa shape index (κ2) is 5.40. The average molecular weight is 319 g/mol. The fourth-order valence-electron chi connectivity index (χ4n) is 1.89. The second-order valence-electron chi connectivity index (χ2n) is 4.42. The van der Waals surface area contributed by atoms with Gasteiger partial charge in [-0.3, -0.25) is 14.3 Å². The van der Waals surface area contributed by atoms with E-state index in [1.165, 1.54) is 25.1 Å². The lowest BCUT2D eigenvalue weighted by molar-refractivity contribution is -0.138. The largest absolute Gasteiger partial charge is 0.416 e. The van der Waals surface area contributed by atoms with Crippen LogP contribution >= 0.6 is 11.6 Å². The van der Waals surface area contributed by atoms with Crippen LogP contribution in [0.2, 0.25) is 5.15 Å². The van der Waals surface area contributed by atoms with Gasteiger partial charge in [-0.25, -0.2) is 4.79 Å². The van der Waals surface area contributed by atoms with Crippen LogP contribution in [0, 0.1) is 6.92 Å². The molecule has 0 aliphatic heterocycles. The summed E-state index contributed by atoms with van der Waals surface area (Å²) in [6, 6.07) is 4.77. The van der Waals surface area contributed by atoms with Crippen LogP contribution in [0.3, 0.4) is 0 Å². The summed E-state index contributed by atoms with van der Waals surface area (Å²) >= 11 is 5.65. The Kier molecular flexibility index (Phi) is 3.95. The van der Waals surface area contributed by atoms with Crippen LogP contribution in [0.15, 0.2) is 33.9 Å². The predicted molar refractivity (Wildman–Crippen MR) is 71.6 cm³/mol. The number of nitrogens with one attached hydrogen (secondary N) is 1. The first kappa shape index (κ1) is 15.4. The molecule has 0 saturated heterocycles. The molecule has 2 aromatic rings. The molecular formula is C13H10ClF3N2O2. The molecule has 1 heterocycles. The van der Waals surface area contributed by atoms with Crippen LogP contribution in [-0.2, 0) is 12.7 Å². The number of halogens is 4. The molecule has 8 heteroatoms. The molecule has 1 N–H and O–H groups in total. The van der Waals surface area contributed by atoms with E-state index in [1.54, 1.807) is 0 Å². The van der Waals surface area contributed by atoms with Crippen LogP contribution in [0.25, 0.3) is 0 Å². The number of benzene rings is 1. The zero-order valence-corrected chi connectivity index (χ0v) is 11.5. The summed E-state index contributed by atoms with van der Waals surface area (Å²) in [5, 5.41) is -0.120. The number of aromatic nitrogens is 2. The van der Waals surface area contributed by atoms with Crippen molar-refractivity contribution in [2.24, 2.45) is 0 Å². The van der Waals surface area contributed by atoms with E-state index >= 15 is 0 Å². The third kappa shape index (κ3) is 3.02. The normalized spacial score (nSPS) is 11.7. The monoisotopic (exact) mass is 318 g/mol. The maximum Gasteiger partial charge on any atom is 0.416 e. The molecular weight excluding hydrogens is 309 g/mol. The molecule has 1 aromatic carbocycles. The van der Waals surface area contributed by atoms with Crippen molar-refractivity contribution in [3.8, 4) is 0 Å². The van der Waals surface area contributed by atoms with Crippen LogP contribution in [0.5, 0.6) is 0 Å². The number of hydrogen-bond acceptors (Lipinski definition) is 2. The number of alkyl halides is 3. The van der Waals surface area contributed by atoms with Crippen molar-refractivity contribution in [2.75, 3.05) is 0 Å². The Morgan fingerprint density at radius 1 is 1.24 bits per heavy atom. The van der Waals surface area contributed by atoms with Crippen molar-refractivity contribution in [1.29, 1.82) is 0 Å². The minimum absolute atomic E-state index is 0.0701. The highest BCUT2D eigenvalue weighted by atomic mass is 35.5. The van der Waals surface area contributed by atoms with E-state index in [-0.39, 0.29) is 16.3 Å². The molecule has 0 atom stereocenters. The first-order valence-electron chi connectivity index (χ1n) is 5.86. The number of H-pyrrole nitrogens is 1. The Labute approximate surface area is 121 Å². The van der Waals surface area contributed by atoms with Gasteiger partial charge in [-0.1, -0.05) is 29.8 Å². The highest BCUT2D eigenvalue weighted by molar-refractivity contribution is 6.30. The van der Waals surface area contributed by atoms with Crippen LogP contribution in [0.1, 0.15) is 16.7 Å². The van der Waals surface area contributed by atoms with Crippen molar-refractivity contribution in [3.05, 3.63) is 66.9 Å². The minimum atomic E-state index is -4.56. The van der Waals surface area contributed by atoms with E-state index in [2.05, 4.69) is 4.98 Å². The zero-order valence-electron chi connectivity index (χ0n) is 10.8. The molecule has 1 aromatic heterocycles. The molecule has 0 saturated carbocycles. The van der Waals surface area contributed by atoms with Gasteiger partial charge in [0.25, 0.3) is 5.56 Å². The van der Waals surface area contributed by atoms with Crippen molar-refractivity contribution in [2.45, 2.75) is 19.6 Å². The SMILES string of the molecule is Cc1c(Cl)[nH]c(=O)n(Cc2ccccc2C(F)(F)F)c1=O. The molecule has 2 rings (SSSR count). The van der Waals surface area contributed by atoms with Crippen molar-refractivity contribution >= 4 is 11.6 Å². The van der Waals surface area contributed by atoms with Gasteiger partial charge >= 0.3 is 11.9 Å². The van der Waals surface area contributed by atoms with E-state index < -0.39 is 29.5 Å². The molecule has 112 valence electrons. The van der Waals surface area contributed by atoms with Crippen molar-refractivity contribution in [1.82, 2.24) is 9.55 Å². The van der Waals surface area contributed by atoms with E-state index in [4.69, 9.17) is 11.6 Å². The van der Waals surface area contributed by atoms with Crippen LogP contribution in [0.4, 0.5) is 13.2 Å². The Morgan fingerprint density at radius 3 is 2.48 bits per heavy atom. The van der Waals surface area contributed by atoms with Gasteiger partial charge in [0.15, 0.2) is 0 Å². The standard InChI is InChI=1S/C13H10ClF3N2O2/c1-7-10(14)18-12(21)19(11(7)20)6-8-4-2-3-5-9(8)13(15,16)17/h2-5H,6H2,1H3,(H,18,21). The number of aromatic amines is 1. The molecule has 0 unspecified atom stereocenters. The molecule has 0 bridgehead atoms. The van der Waals surface area contributed by atoms with E-state index in [1.807, 2.05) is 0 Å². The molecule has 0 spiro atoms. The van der Waals surface area contributed by atoms with Gasteiger partial charge in [0.05, 0.1) is 12.1 Å². The zero-order chi connectivity index (χ0) is 15.8. The summed E-state index contributed by atoms with van der Waals surface area (Å²) in [6.45, 7) is 0.897. The third-order valence-electron chi connectivity index (χ3n) is 3.01. The molecule has 0 aliphatic carbocycles. The molecule has 0 amide bonds. The first-order chi connectivity index (χ1) is 9.71.